The first-order valence-corrected chi connectivity index (χ1v) is 12.3. The molecule has 33 heavy (non-hydrogen) atoms. The number of likely N-dealkylation sites (N-methyl/N-ethyl adjacent to an activating group) is 1. The van der Waals surface area contributed by atoms with E-state index in [0.717, 1.165) is 44.0 Å². The van der Waals surface area contributed by atoms with E-state index in [1.165, 1.54) is 11.8 Å². The average molecular weight is 486 g/mol. The molecule has 1 aliphatic rings. The topological polar surface area (TPSA) is 63.5 Å². The van der Waals surface area contributed by atoms with Gasteiger partial charge in [0.05, 0.1) is 23.1 Å². The van der Waals surface area contributed by atoms with Gasteiger partial charge >= 0.3 is 0 Å². The summed E-state index contributed by atoms with van der Waals surface area (Å²) in [5.41, 5.74) is 1.74. The predicted molar refractivity (Wildman–Crippen MR) is 132 cm³/mol. The molecule has 1 saturated heterocycles. The summed E-state index contributed by atoms with van der Waals surface area (Å²) in [5.74, 6) is 1.41. The van der Waals surface area contributed by atoms with Crippen LogP contribution in [0.5, 0.6) is 5.75 Å². The van der Waals surface area contributed by atoms with Crippen molar-refractivity contribution in [2.75, 3.05) is 39.8 Å². The highest BCUT2D eigenvalue weighted by Gasteiger charge is 2.27. The second-order valence-electron chi connectivity index (χ2n) is 7.85. The van der Waals surface area contributed by atoms with E-state index in [9.17, 15) is 4.79 Å². The molecule has 4 rings (SSSR count). The molecule has 0 bridgehead atoms. The average Bonchev–Trinajstić information content (AvgIpc) is 3.27. The minimum atomic E-state index is -0.293. The van der Waals surface area contributed by atoms with Gasteiger partial charge in [-0.1, -0.05) is 60.6 Å². The summed E-state index contributed by atoms with van der Waals surface area (Å²) >= 11 is 7.84. The monoisotopic (exact) mass is 485 g/mol. The van der Waals surface area contributed by atoms with Crippen molar-refractivity contribution in [1.82, 2.24) is 24.6 Å². The number of hydrogen-bond acceptors (Lipinski definition) is 6. The number of carbonyl (C=O) groups excluding carboxylic acids is 1. The lowest BCUT2D eigenvalue weighted by atomic mass is 10.2. The number of hydrogen-bond donors (Lipinski definition) is 0. The molecule has 0 aliphatic carbocycles. The van der Waals surface area contributed by atoms with Gasteiger partial charge in [-0.2, -0.15) is 0 Å². The Morgan fingerprint density at radius 3 is 2.48 bits per heavy atom. The molecule has 174 valence electrons. The molecule has 1 amide bonds. The van der Waals surface area contributed by atoms with Gasteiger partial charge in [0.15, 0.2) is 11.0 Å². The predicted octanol–water partition coefficient (Wildman–Crippen LogP) is 4.24. The van der Waals surface area contributed by atoms with Gasteiger partial charge in [-0.05, 0) is 31.7 Å². The number of benzene rings is 2. The number of nitrogens with zero attached hydrogens (tertiary/aromatic N) is 5. The van der Waals surface area contributed by atoms with Crippen LogP contribution in [0.15, 0.2) is 53.7 Å². The SMILES string of the molecule is CCN1CCN(C(=O)[C@H](C)Sc2nnc(-c3ccccc3)n2-c2ccc(OC)c(Cl)c2)CC1. The van der Waals surface area contributed by atoms with Gasteiger partial charge in [-0.25, -0.2) is 0 Å². The standard InChI is InChI=1S/C24H28ClN5O2S/c1-4-28-12-14-29(15-13-28)23(31)17(2)33-24-27-26-22(18-8-6-5-7-9-18)30(24)19-10-11-21(32-3)20(25)16-19/h5-11,16-17H,4,12-15H2,1-3H3/t17-/m0/s1. The third kappa shape index (κ3) is 5.18. The second kappa shape index (κ2) is 10.6. The van der Waals surface area contributed by atoms with E-state index < -0.39 is 0 Å². The molecule has 3 aromatic rings. The normalized spacial score (nSPS) is 15.5. The molecule has 0 saturated carbocycles. The minimum Gasteiger partial charge on any atom is -0.495 e. The highest BCUT2D eigenvalue weighted by atomic mass is 35.5. The number of ether oxygens (including phenoxy) is 1. The Morgan fingerprint density at radius 1 is 1.12 bits per heavy atom. The van der Waals surface area contributed by atoms with Crippen molar-refractivity contribution in [3.8, 4) is 22.8 Å². The largest absolute Gasteiger partial charge is 0.495 e. The fourth-order valence-corrected chi connectivity index (χ4v) is 5.10. The lowest BCUT2D eigenvalue weighted by molar-refractivity contribution is -0.132. The van der Waals surface area contributed by atoms with Crippen LogP contribution in [0.3, 0.4) is 0 Å². The molecule has 1 fully saturated rings. The number of halogens is 1. The van der Waals surface area contributed by atoms with Crippen LogP contribution >= 0.6 is 23.4 Å². The van der Waals surface area contributed by atoms with E-state index >= 15 is 0 Å². The molecule has 1 aliphatic heterocycles. The quantitative estimate of drug-likeness (QED) is 0.466. The molecule has 7 nitrogen and oxygen atoms in total. The molecule has 2 heterocycles. The van der Waals surface area contributed by atoms with Crippen LogP contribution in [0.25, 0.3) is 17.1 Å². The van der Waals surface area contributed by atoms with Crippen molar-refractivity contribution >= 4 is 29.3 Å². The molecular formula is C24H28ClN5O2S. The number of carbonyl (C=O) groups is 1. The van der Waals surface area contributed by atoms with Crippen LogP contribution in [-0.2, 0) is 4.79 Å². The Bertz CT molecular complexity index is 1100. The summed E-state index contributed by atoms with van der Waals surface area (Å²) in [6, 6.07) is 15.4. The Morgan fingerprint density at radius 2 is 1.85 bits per heavy atom. The van der Waals surface area contributed by atoms with Gasteiger partial charge in [-0.3, -0.25) is 9.36 Å². The van der Waals surface area contributed by atoms with E-state index in [4.69, 9.17) is 16.3 Å². The van der Waals surface area contributed by atoms with Crippen LogP contribution in [0, 0.1) is 0 Å². The summed E-state index contributed by atoms with van der Waals surface area (Å²) in [7, 11) is 1.59. The summed E-state index contributed by atoms with van der Waals surface area (Å²) in [6.07, 6.45) is 0. The summed E-state index contributed by atoms with van der Waals surface area (Å²) in [4.78, 5) is 17.5. The smallest absolute Gasteiger partial charge is 0.235 e. The van der Waals surface area contributed by atoms with E-state index in [-0.39, 0.29) is 11.2 Å². The maximum absolute atomic E-state index is 13.2. The molecule has 0 unspecified atom stereocenters. The van der Waals surface area contributed by atoms with Crippen LogP contribution in [0.4, 0.5) is 0 Å². The van der Waals surface area contributed by atoms with Gasteiger partial charge in [0.2, 0.25) is 5.91 Å². The number of methoxy groups -OCH3 is 1. The summed E-state index contributed by atoms with van der Waals surface area (Å²) in [6.45, 7) is 8.44. The Kier molecular flexibility index (Phi) is 7.57. The molecule has 0 N–H and O–H groups in total. The summed E-state index contributed by atoms with van der Waals surface area (Å²) in [5, 5.41) is 9.77. The number of piperazine rings is 1. The van der Waals surface area contributed by atoms with E-state index in [1.807, 2.05) is 64.9 Å². The van der Waals surface area contributed by atoms with Crippen molar-refractivity contribution < 1.29 is 9.53 Å². The van der Waals surface area contributed by atoms with E-state index in [0.29, 0.717) is 21.8 Å². The van der Waals surface area contributed by atoms with Gasteiger partial charge in [-0.15, -0.1) is 10.2 Å². The highest BCUT2D eigenvalue weighted by molar-refractivity contribution is 8.00. The third-order valence-corrected chi connectivity index (χ3v) is 7.15. The molecule has 2 aromatic carbocycles. The van der Waals surface area contributed by atoms with Crippen molar-refractivity contribution in [3.05, 3.63) is 53.6 Å². The number of thioether (sulfide) groups is 1. The number of aromatic nitrogens is 3. The van der Waals surface area contributed by atoms with Crippen LogP contribution in [0.2, 0.25) is 5.02 Å². The molecule has 9 heteroatoms. The van der Waals surface area contributed by atoms with E-state index in [2.05, 4.69) is 22.0 Å². The lowest BCUT2D eigenvalue weighted by Crippen LogP contribution is -2.50. The zero-order valence-electron chi connectivity index (χ0n) is 19.1. The van der Waals surface area contributed by atoms with Crippen molar-refractivity contribution in [1.29, 1.82) is 0 Å². The van der Waals surface area contributed by atoms with Crippen LogP contribution < -0.4 is 4.74 Å². The van der Waals surface area contributed by atoms with Gasteiger partial charge < -0.3 is 14.5 Å². The fourth-order valence-electron chi connectivity index (χ4n) is 3.90. The number of amides is 1. The maximum atomic E-state index is 13.2. The first-order chi connectivity index (χ1) is 16.0. The Hall–Kier alpha value is -2.55. The van der Waals surface area contributed by atoms with Crippen molar-refractivity contribution in [2.45, 2.75) is 24.3 Å². The van der Waals surface area contributed by atoms with Gasteiger partial charge in [0, 0.05) is 31.7 Å². The fraction of sp³-hybridized carbons (Fsp3) is 0.375. The highest BCUT2D eigenvalue weighted by Crippen LogP contribution is 2.34. The van der Waals surface area contributed by atoms with Crippen molar-refractivity contribution in [2.24, 2.45) is 0 Å². The molecular weight excluding hydrogens is 458 g/mol. The number of rotatable bonds is 7. The van der Waals surface area contributed by atoms with Gasteiger partial charge in [0.1, 0.15) is 5.75 Å². The lowest BCUT2D eigenvalue weighted by Gasteiger charge is -2.35. The maximum Gasteiger partial charge on any atom is 0.235 e. The Balaban J connectivity index is 1.64. The zero-order valence-corrected chi connectivity index (χ0v) is 20.6. The van der Waals surface area contributed by atoms with Gasteiger partial charge in [0.25, 0.3) is 0 Å². The summed E-state index contributed by atoms with van der Waals surface area (Å²) < 4.78 is 7.26. The molecule has 0 radical (unpaired) electrons. The first kappa shape index (κ1) is 23.6. The van der Waals surface area contributed by atoms with E-state index in [1.54, 1.807) is 7.11 Å². The second-order valence-corrected chi connectivity index (χ2v) is 9.56. The van der Waals surface area contributed by atoms with Crippen LogP contribution in [-0.4, -0.2) is 75.6 Å². The van der Waals surface area contributed by atoms with Crippen molar-refractivity contribution in [3.63, 3.8) is 0 Å². The Labute approximate surface area is 203 Å². The third-order valence-electron chi connectivity index (χ3n) is 5.82. The minimum absolute atomic E-state index is 0.124. The van der Waals surface area contributed by atoms with Crippen LogP contribution in [0.1, 0.15) is 13.8 Å². The molecule has 1 atom stereocenters. The zero-order chi connectivity index (χ0) is 23.4. The molecule has 1 aromatic heterocycles. The first-order valence-electron chi connectivity index (χ1n) is 11.0. The molecule has 0 spiro atoms.